The topological polar surface area (TPSA) is 31.0 Å². The molecule has 0 radical (unpaired) electrons. The smallest absolute Gasteiger partial charge is 0.198 e. The molecule has 2 heterocycles. The summed E-state index contributed by atoms with van der Waals surface area (Å²) in [6.45, 7) is 4.16. The van der Waals surface area contributed by atoms with Crippen molar-refractivity contribution in [2.75, 3.05) is 0 Å². The van der Waals surface area contributed by atoms with E-state index in [0.717, 1.165) is 22.7 Å². The molecule has 0 saturated heterocycles. The van der Waals surface area contributed by atoms with E-state index < -0.39 is 0 Å². The van der Waals surface area contributed by atoms with E-state index in [1.54, 1.807) is 0 Å². The Morgan fingerprint density at radius 3 is 2.65 bits per heavy atom. The van der Waals surface area contributed by atoms with Crippen LogP contribution in [0, 0.1) is 0 Å². The summed E-state index contributed by atoms with van der Waals surface area (Å²) in [5, 5.41) is 0. The van der Waals surface area contributed by atoms with Gasteiger partial charge in [-0.05, 0) is 30.3 Å². The van der Waals surface area contributed by atoms with E-state index in [0.29, 0.717) is 5.92 Å². The maximum Gasteiger partial charge on any atom is 0.198 e. The van der Waals surface area contributed by atoms with Crippen LogP contribution in [0.1, 0.15) is 25.7 Å². The van der Waals surface area contributed by atoms with Crippen molar-refractivity contribution < 1.29 is 4.42 Å². The SMILES string of the molecule is CC(C)c1nc2cc(-n3cccc3)ccc2o1. The Morgan fingerprint density at radius 2 is 1.94 bits per heavy atom. The number of hydrogen-bond acceptors (Lipinski definition) is 2. The fraction of sp³-hybridized carbons (Fsp3) is 0.214. The third-order valence-corrected chi connectivity index (χ3v) is 2.78. The molecule has 0 aliphatic rings. The molecule has 0 unspecified atom stereocenters. The molecule has 2 aromatic heterocycles. The van der Waals surface area contributed by atoms with Gasteiger partial charge in [-0.2, -0.15) is 0 Å². The van der Waals surface area contributed by atoms with Crippen molar-refractivity contribution in [3.05, 3.63) is 48.6 Å². The average Bonchev–Trinajstić information content (AvgIpc) is 2.97. The summed E-state index contributed by atoms with van der Waals surface area (Å²) >= 11 is 0. The second-order valence-corrected chi connectivity index (χ2v) is 4.45. The van der Waals surface area contributed by atoms with E-state index >= 15 is 0 Å². The van der Waals surface area contributed by atoms with Crippen molar-refractivity contribution in [2.24, 2.45) is 0 Å². The minimum atomic E-state index is 0.317. The highest BCUT2D eigenvalue weighted by molar-refractivity contribution is 5.75. The van der Waals surface area contributed by atoms with Crippen LogP contribution in [0.15, 0.2) is 47.1 Å². The van der Waals surface area contributed by atoms with Crippen molar-refractivity contribution in [2.45, 2.75) is 19.8 Å². The van der Waals surface area contributed by atoms with E-state index in [1.807, 2.05) is 42.7 Å². The monoisotopic (exact) mass is 226 g/mol. The lowest BCUT2D eigenvalue weighted by Crippen LogP contribution is -1.88. The van der Waals surface area contributed by atoms with Gasteiger partial charge in [0.05, 0.1) is 0 Å². The number of aromatic nitrogens is 2. The molecule has 0 atom stereocenters. The number of fused-ring (bicyclic) bond motifs is 1. The fourth-order valence-corrected chi connectivity index (χ4v) is 1.85. The van der Waals surface area contributed by atoms with Crippen LogP contribution in [-0.4, -0.2) is 9.55 Å². The lowest BCUT2D eigenvalue weighted by Gasteiger charge is -2.00. The highest BCUT2D eigenvalue weighted by atomic mass is 16.3. The van der Waals surface area contributed by atoms with Crippen LogP contribution in [0.4, 0.5) is 0 Å². The predicted molar refractivity (Wildman–Crippen MR) is 67.4 cm³/mol. The summed E-state index contributed by atoms with van der Waals surface area (Å²) in [4.78, 5) is 4.50. The number of nitrogens with zero attached hydrogens (tertiary/aromatic N) is 2. The largest absolute Gasteiger partial charge is 0.440 e. The molecule has 0 N–H and O–H groups in total. The van der Waals surface area contributed by atoms with Crippen LogP contribution in [-0.2, 0) is 0 Å². The van der Waals surface area contributed by atoms with Crippen LogP contribution < -0.4 is 0 Å². The van der Waals surface area contributed by atoms with E-state index in [4.69, 9.17) is 4.42 Å². The van der Waals surface area contributed by atoms with Gasteiger partial charge in [0.1, 0.15) is 5.52 Å². The maximum atomic E-state index is 5.68. The van der Waals surface area contributed by atoms with Gasteiger partial charge < -0.3 is 8.98 Å². The number of hydrogen-bond donors (Lipinski definition) is 0. The van der Waals surface area contributed by atoms with Crippen molar-refractivity contribution in [3.8, 4) is 5.69 Å². The molecule has 3 heteroatoms. The summed E-state index contributed by atoms with van der Waals surface area (Å²) in [7, 11) is 0. The normalized spacial score (nSPS) is 11.5. The first-order valence-corrected chi connectivity index (χ1v) is 5.78. The molecule has 1 aromatic carbocycles. The van der Waals surface area contributed by atoms with Crippen LogP contribution in [0.5, 0.6) is 0 Å². The van der Waals surface area contributed by atoms with E-state index in [1.165, 1.54) is 0 Å². The fourth-order valence-electron chi connectivity index (χ4n) is 1.85. The van der Waals surface area contributed by atoms with Gasteiger partial charge in [0.15, 0.2) is 11.5 Å². The van der Waals surface area contributed by atoms with Gasteiger partial charge in [-0.15, -0.1) is 0 Å². The molecule has 0 spiro atoms. The first kappa shape index (κ1) is 10.1. The first-order chi connectivity index (χ1) is 8.24. The molecule has 86 valence electrons. The predicted octanol–water partition coefficient (Wildman–Crippen LogP) is 3.74. The standard InChI is InChI=1S/C14H14N2O/c1-10(2)14-15-12-9-11(5-6-13(12)17-14)16-7-3-4-8-16/h3-10H,1-2H3. The van der Waals surface area contributed by atoms with Crippen molar-refractivity contribution in [1.29, 1.82) is 0 Å². The van der Waals surface area contributed by atoms with Crippen LogP contribution in [0.25, 0.3) is 16.8 Å². The average molecular weight is 226 g/mol. The maximum absolute atomic E-state index is 5.68. The summed E-state index contributed by atoms with van der Waals surface area (Å²) in [5.41, 5.74) is 2.87. The Bertz CT molecular complexity index is 635. The van der Waals surface area contributed by atoms with Gasteiger partial charge in [0.2, 0.25) is 0 Å². The van der Waals surface area contributed by atoms with Crippen molar-refractivity contribution in [1.82, 2.24) is 9.55 Å². The molecule has 0 fully saturated rings. The number of rotatable bonds is 2. The highest BCUT2D eigenvalue weighted by Gasteiger charge is 2.09. The van der Waals surface area contributed by atoms with Gasteiger partial charge in [-0.25, -0.2) is 4.98 Å². The van der Waals surface area contributed by atoms with Crippen LogP contribution in [0.2, 0.25) is 0 Å². The summed E-state index contributed by atoms with van der Waals surface area (Å²) in [6.07, 6.45) is 4.04. The second-order valence-electron chi connectivity index (χ2n) is 4.45. The summed E-state index contributed by atoms with van der Waals surface area (Å²) in [5.74, 6) is 1.11. The quantitative estimate of drug-likeness (QED) is 0.666. The molecule has 0 saturated carbocycles. The van der Waals surface area contributed by atoms with Crippen molar-refractivity contribution in [3.63, 3.8) is 0 Å². The number of oxazole rings is 1. The third-order valence-electron chi connectivity index (χ3n) is 2.78. The van der Waals surface area contributed by atoms with Crippen molar-refractivity contribution >= 4 is 11.1 Å². The minimum absolute atomic E-state index is 0.317. The molecular formula is C14H14N2O. The second kappa shape index (κ2) is 3.77. The van der Waals surface area contributed by atoms with Crippen LogP contribution >= 0.6 is 0 Å². The molecule has 0 aliphatic carbocycles. The lowest BCUT2D eigenvalue weighted by atomic mass is 10.2. The molecule has 3 nitrogen and oxygen atoms in total. The summed E-state index contributed by atoms with van der Waals surface area (Å²) in [6, 6.07) is 10.1. The molecule has 3 rings (SSSR count). The Labute approximate surface area is 99.7 Å². The van der Waals surface area contributed by atoms with E-state index in [2.05, 4.69) is 23.4 Å². The molecular weight excluding hydrogens is 212 g/mol. The Balaban J connectivity index is 2.13. The van der Waals surface area contributed by atoms with E-state index in [-0.39, 0.29) is 0 Å². The van der Waals surface area contributed by atoms with Gasteiger partial charge in [-0.1, -0.05) is 13.8 Å². The lowest BCUT2D eigenvalue weighted by molar-refractivity contribution is 0.501. The molecule has 17 heavy (non-hydrogen) atoms. The Kier molecular flexibility index (Phi) is 2.25. The summed E-state index contributed by atoms with van der Waals surface area (Å²) < 4.78 is 7.74. The van der Waals surface area contributed by atoms with Crippen LogP contribution in [0.3, 0.4) is 0 Å². The van der Waals surface area contributed by atoms with E-state index in [9.17, 15) is 0 Å². The Hall–Kier alpha value is -2.03. The zero-order chi connectivity index (χ0) is 11.8. The van der Waals surface area contributed by atoms with Gasteiger partial charge in [0, 0.05) is 24.0 Å². The number of benzene rings is 1. The zero-order valence-electron chi connectivity index (χ0n) is 9.92. The zero-order valence-corrected chi connectivity index (χ0v) is 9.92. The molecule has 0 amide bonds. The van der Waals surface area contributed by atoms with Gasteiger partial charge in [0.25, 0.3) is 0 Å². The molecule has 0 bridgehead atoms. The minimum Gasteiger partial charge on any atom is -0.440 e. The molecule has 0 aliphatic heterocycles. The van der Waals surface area contributed by atoms with Gasteiger partial charge in [-0.3, -0.25) is 0 Å². The van der Waals surface area contributed by atoms with Gasteiger partial charge >= 0.3 is 0 Å². The highest BCUT2D eigenvalue weighted by Crippen LogP contribution is 2.23. The first-order valence-electron chi connectivity index (χ1n) is 5.78. The molecule has 3 aromatic rings. The Morgan fingerprint density at radius 1 is 1.18 bits per heavy atom. The third kappa shape index (κ3) is 1.73.